The van der Waals surface area contributed by atoms with Gasteiger partial charge in [0.1, 0.15) is 16.8 Å². The van der Waals surface area contributed by atoms with E-state index in [4.69, 9.17) is 14.2 Å². The van der Waals surface area contributed by atoms with Gasteiger partial charge in [-0.3, -0.25) is 28.8 Å². The van der Waals surface area contributed by atoms with Crippen LogP contribution in [0.4, 0.5) is 0 Å². The Hall–Kier alpha value is -3.62. The molecule has 17 aliphatic carbocycles. The van der Waals surface area contributed by atoms with E-state index in [0.29, 0.717) is 102 Å². The lowest BCUT2D eigenvalue weighted by Gasteiger charge is -2.57. The Balaban J connectivity index is 0.0000000906. The highest BCUT2D eigenvalue weighted by Gasteiger charge is 2.83. The Morgan fingerprint density at radius 1 is 0.390 bits per heavy atom. The van der Waals surface area contributed by atoms with Crippen LogP contribution in [0.3, 0.4) is 0 Å². The molecule has 0 amide bonds. The van der Waals surface area contributed by atoms with Crippen molar-refractivity contribution in [1.29, 1.82) is 0 Å². The third kappa shape index (κ3) is 5.81. The number of rotatable bonds is 0. The summed E-state index contributed by atoms with van der Waals surface area (Å²) in [6.45, 7) is 7.42. The lowest BCUT2D eigenvalue weighted by atomic mass is 9.49. The smallest absolute Gasteiger partial charge is 0.306 e. The van der Waals surface area contributed by atoms with Gasteiger partial charge in [-0.05, 0) is 245 Å². The van der Waals surface area contributed by atoms with E-state index in [1.807, 2.05) is 6.08 Å². The van der Waals surface area contributed by atoms with Gasteiger partial charge < -0.3 is 14.2 Å². The first-order chi connectivity index (χ1) is 37.1. The van der Waals surface area contributed by atoms with Crippen LogP contribution in [-0.2, 0) is 43.0 Å². The summed E-state index contributed by atoms with van der Waals surface area (Å²) in [6, 6.07) is 0. The van der Waals surface area contributed by atoms with Crippen molar-refractivity contribution in [3.8, 4) is 0 Å². The van der Waals surface area contributed by atoms with Crippen LogP contribution in [0.25, 0.3) is 0 Å². The minimum atomic E-state index is -0.156. The predicted molar refractivity (Wildman–Crippen MR) is 282 cm³/mol. The van der Waals surface area contributed by atoms with Crippen molar-refractivity contribution in [2.75, 3.05) is 0 Å². The van der Waals surface area contributed by atoms with Crippen LogP contribution in [0.5, 0.6) is 0 Å². The van der Waals surface area contributed by atoms with Gasteiger partial charge in [0.25, 0.3) is 0 Å². The van der Waals surface area contributed by atoms with E-state index >= 15 is 0 Å². The maximum absolute atomic E-state index is 12.1. The van der Waals surface area contributed by atoms with Crippen LogP contribution in [-0.4, -0.2) is 52.1 Å². The average molecular weight is 1040 g/mol. The molecule has 0 aromatic carbocycles. The lowest BCUT2D eigenvalue weighted by molar-refractivity contribution is -0.175. The van der Waals surface area contributed by atoms with Gasteiger partial charge >= 0.3 is 17.9 Å². The second-order valence-corrected chi connectivity index (χ2v) is 31.4. The first-order valence-corrected chi connectivity index (χ1v) is 32.2. The topological polar surface area (TPSA) is 130 Å². The largest absolute Gasteiger partial charge is 0.458 e. The Bertz CT molecular complexity index is 2790. The quantitative estimate of drug-likeness (QED) is 0.172. The van der Waals surface area contributed by atoms with E-state index in [1.165, 1.54) is 76.2 Å². The average Bonchev–Trinajstić information content (AvgIpc) is 3.38. The fourth-order valence-corrected chi connectivity index (χ4v) is 26.7. The highest BCUT2D eigenvalue weighted by Crippen LogP contribution is 2.84. The molecule has 13 saturated carbocycles. The standard InChI is InChI=1S/2C23H28O3.C22H26O3/c2*1-22-6-4-13-12-3-2-11(24)8-14(12)15-9-16(15)20(13)21(22)17-10-18(17)23(22)7-5-19(25)26-23;1-21-8-6-15-14-5-3-13(23)10-12(14)2-4-16(15)20(21)17-11-18(17)22(21)9-7-19(24)25-22/h2*8,12-13,15-18,20-21H,2-7,9-10H2,1H3;2,4,10,14-18,20H,3,5-9,11H2,1H3/t12?,13?,15-,16?,17?,18?,20?,21?,22+,23+;12?,13?,15-,16-,17?,18?,20?,21?,22-,23-;14?,15?,16?,17?,18?,20?,21-,22-/m100/s1. The van der Waals surface area contributed by atoms with Gasteiger partial charge in [0.15, 0.2) is 17.3 Å². The van der Waals surface area contributed by atoms with E-state index in [1.54, 1.807) is 11.1 Å². The van der Waals surface area contributed by atoms with Gasteiger partial charge in [0, 0.05) is 72.5 Å². The molecule has 16 fully saturated rings. The minimum absolute atomic E-state index is 0.0323. The van der Waals surface area contributed by atoms with Crippen LogP contribution in [0, 0.1) is 146 Å². The molecule has 9 nitrogen and oxygen atoms in total. The first-order valence-electron chi connectivity index (χ1n) is 32.2. The monoisotopic (exact) mass is 1040 g/mol. The third-order valence-corrected chi connectivity index (χ3v) is 29.5. The molecule has 3 spiro atoms. The zero-order valence-electron chi connectivity index (χ0n) is 46.0. The van der Waals surface area contributed by atoms with Gasteiger partial charge in [-0.2, -0.15) is 0 Å². The second kappa shape index (κ2) is 15.1. The van der Waals surface area contributed by atoms with Crippen molar-refractivity contribution < 1.29 is 43.0 Å². The predicted octanol–water partition coefficient (Wildman–Crippen LogP) is 11.7. The normalized spacial score (nSPS) is 59.1. The first kappa shape index (κ1) is 47.1. The number of hydrogen-bond donors (Lipinski definition) is 0. The molecule has 0 N–H and O–H groups in total. The van der Waals surface area contributed by atoms with Gasteiger partial charge in [0.05, 0.1) is 0 Å². The minimum Gasteiger partial charge on any atom is -0.458 e. The van der Waals surface area contributed by atoms with Crippen molar-refractivity contribution >= 4 is 35.3 Å². The zero-order chi connectivity index (χ0) is 51.8. The third-order valence-electron chi connectivity index (χ3n) is 29.5. The molecule has 20 aliphatic rings. The van der Waals surface area contributed by atoms with E-state index in [0.717, 1.165) is 123 Å². The fourth-order valence-electron chi connectivity index (χ4n) is 26.7. The second-order valence-electron chi connectivity index (χ2n) is 31.4. The van der Waals surface area contributed by atoms with Crippen LogP contribution >= 0.6 is 0 Å². The molecular weight excluding hydrogens is 961 g/mol. The van der Waals surface area contributed by atoms with Crippen LogP contribution < -0.4 is 0 Å². The Kier molecular flexibility index (Phi) is 9.22. The van der Waals surface area contributed by atoms with Crippen molar-refractivity contribution in [1.82, 2.24) is 0 Å². The summed E-state index contributed by atoms with van der Waals surface area (Å²) in [5.41, 5.74) is 4.57. The number of esters is 3. The number of allylic oxidation sites excluding steroid dienone is 6. The summed E-state index contributed by atoms with van der Waals surface area (Å²) in [6.07, 6.45) is 35.0. The fraction of sp³-hybridized carbons (Fsp3) is 0.794. The van der Waals surface area contributed by atoms with Gasteiger partial charge in [-0.1, -0.05) is 44.1 Å². The van der Waals surface area contributed by atoms with Gasteiger partial charge in [-0.15, -0.1) is 0 Å². The number of fused-ring (bicyclic) bond motifs is 33. The lowest BCUT2D eigenvalue weighted by Crippen LogP contribution is -2.55. The number of carbonyl (C=O) groups excluding carboxylic acids is 6. The summed E-state index contributed by atoms with van der Waals surface area (Å²) in [5, 5.41) is 0. The number of carbonyl (C=O) groups is 6. The molecule has 408 valence electrons. The van der Waals surface area contributed by atoms with E-state index in [2.05, 4.69) is 45.1 Å². The molecule has 0 aromatic rings. The summed E-state index contributed by atoms with van der Waals surface area (Å²) in [4.78, 5) is 72.0. The molecule has 3 saturated heterocycles. The zero-order valence-corrected chi connectivity index (χ0v) is 46.0. The molecule has 0 radical (unpaired) electrons. The summed E-state index contributed by atoms with van der Waals surface area (Å²) >= 11 is 0. The molecule has 0 bridgehead atoms. The molecule has 28 atom stereocenters. The highest BCUT2D eigenvalue weighted by atomic mass is 16.6. The van der Waals surface area contributed by atoms with Crippen molar-refractivity contribution in [2.24, 2.45) is 146 Å². The maximum atomic E-state index is 12.1. The number of ketones is 3. The maximum Gasteiger partial charge on any atom is 0.306 e. The van der Waals surface area contributed by atoms with Crippen LogP contribution in [0.2, 0.25) is 0 Å². The highest BCUT2D eigenvalue weighted by molar-refractivity contribution is 5.93. The molecule has 3 heterocycles. The van der Waals surface area contributed by atoms with Gasteiger partial charge in [0.2, 0.25) is 0 Å². The van der Waals surface area contributed by atoms with Crippen molar-refractivity contribution in [3.63, 3.8) is 0 Å². The molecule has 77 heavy (non-hydrogen) atoms. The van der Waals surface area contributed by atoms with Crippen LogP contribution in [0.1, 0.15) is 168 Å². The SMILES string of the molecule is C[C@]12CCC3C4CCC(=O)C=C4C=CC3C1C1CC1[C@@]21CCC(=O)O1.C[C@]12CCC3C4CCC(=O)C=C4[C@@H]4C[C@@H]4C3C1C1CC1[C@@]21CCC(=O)O1.C[C@]12CCC3C4CCC(=O)C=C4[C@H]4CC4C3C1C1CC1[C@@]21CCC(=O)O1. The molecule has 3 aliphatic heterocycles. The number of hydrogen-bond acceptors (Lipinski definition) is 9. The summed E-state index contributed by atoms with van der Waals surface area (Å²) in [7, 11) is 0. The molecule has 9 heteroatoms. The van der Waals surface area contributed by atoms with Crippen molar-refractivity contribution in [3.05, 3.63) is 47.1 Å². The van der Waals surface area contributed by atoms with E-state index in [9.17, 15) is 28.8 Å². The molecule has 20 rings (SSSR count). The van der Waals surface area contributed by atoms with Gasteiger partial charge in [-0.25, -0.2) is 0 Å². The number of ether oxygens (including phenoxy) is 3. The van der Waals surface area contributed by atoms with Crippen LogP contribution in [0.15, 0.2) is 47.1 Å². The molecule has 0 aromatic heterocycles. The Labute approximate surface area is 455 Å². The van der Waals surface area contributed by atoms with Crippen molar-refractivity contribution in [2.45, 2.75) is 185 Å². The van der Waals surface area contributed by atoms with E-state index < -0.39 is 0 Å². The molecule has 19 unspecified atom stereocenters. The Morgan fingerprint density at radius 2 is 0.792 bits per heavy atom. The molecular formula is C68H82O9. The van der Waals surface area contributed by atoms with E-state index in [-0.39, 0.29) is 51.0 Å². The summed E-state index contributed by atoms with van der Waals surface area (Å²) in [5.74, 6) is 17.3. The summed E-state index contributed by atoms with van der Waals surface area (Å²) < 4.78 is 18.5. The Morgan fingerprint density at radius 3 is 1.23 bits per heavy atom.